The molecule has 9 heteroatoms. The van der Waals surface area contributed by atoms with E-state index in [9.17, 15) is 25.0 Å². The first kappa shape index (κ1) is 18.0. The van der Waals surface area contributed by atoms with Crippen LogP contribution < -0.4 is 0 Å². The minimum Gasteiger partial charge on any atom is -0.402 e. The Bertz CT molecular complexity index is 1220. The van der Waals surface area contributed by atoms with Crippen molar-refractivity contribution < 1.29 is 19.4 Å². The molecule has 0 atom stereocenters. The van der Waals surface area contributed by atoms with Crippen LogP contribution in [0, 0.1) is 20.2 Å². The molecule has 0 fully saturated rings. The van der Waals surface area contributed by atoms with Crippen molar-refractivity contribution in [2.45, 2.75) is 0 Å². The molecule has 0 N–H and O–H groups in total. The Balaban J connectivity index is 1.79. The van der Waals surface area contributed by atoms with Crippen LogP contribution in [0.2, 0.25) is 0 Å². The second-order valence-electron chi connectivity index (χ2n) is 6.16. The van der Waals surface area contributed by atoms with Crippen LogP contribution in [0.25, 0.3) is 16.8 Å². The molecular weight excluding hydrogens is 378 g/mol. The van der Waals surface area contributed by atoms with Crippen molar-refractivity contribution in [3.05, 3.63) is 97.7 Å². The van der Waals surface area contributed by atoms with Crippen molar-refractivity contribution in [1.29, 1.82) is 0 Å². The van der Waals surface area contributed by atoms with Crippen molar-refractivity contribution in [1.82, 2.24) is 0 Å². The number of hydrogen-bond donors (Lipinski definition) is 0. The number of nitro groups is 2. The maximum Gasteiger partial charge on any atom is 0.363 e. The number of nitrogens with zero attached hydrogens (tertiary/aromatic N) is 3. The van der Waals surface area contributed by atoms with E-state index in [-0.39, 0.29) is 17.2 Å². The first-order valence-electron chi connectivity index (χ1n) is 8.37. The van der Waals surface area contributed by atoms with Gasteiger partial charge >= 0.3 is 5.97 Å². The normalized spacial score (nSPS) is 14.7. The summed E-state index contributed by atoms with van der Waals surface area (Å²) in [6.07, 6.45) is 1.55. The Morgan fingerprint density at radius 3 is 2.24 bits per heavy atom. The number of cyclic esters (lactones) is 1. The highest BCUT2D eigenvalue weighted by Gasteiger charge is 2.27. The van der Waals surface area contributed by atoms with Crippen LogP contribution in [0.5, 0.6) is 0 Å². The summed E-state index contributed by atoms with van der Waals surface area (Å²) in [5, 5.41) is 24.0. The zero-order valence-corrected chi connectivity index (χ0v) is 14.6. The van der Waals surface area contributed by atoms with E-state index in [1.807, 2.05) is 42.5 Å². The van der Waals surface area contributed by atoms with Gasteiger partial charge in [0.05, 0.1) is 21.5 Å². The largest absolute Gasteiger partial charge is 0.402 e. The van der Waals surface area contributed by atoms with Crippen LogP contribution in [0.15, 0.2) is 71.4 Å². The number of fused-ring (bicyclic) bond motifs is 1. The topological polar surface area (TPSA) is 125 Å². The van der Waals surface area contributed by atoms with E-state index in [1.165, 1.54) is 0 Å². The standard InChI is InChI=1S/C20H11N3O6/c24-20-18(10-13-6-3-5-12-4-1-2-7-17(12)13)21-19(29-20)14-8-15(22(25)26)11-16(9-14)23(27)28/h1-11H/b18-10-. The number of rotatable bonds is 4. The number of non-ortho nitro benzene ring substituents is 2. The van der Waals surface area contributed by atoms with Gasteiger partial charge in [0.25, 0.3) is 11.4 Å². The number of nitro benzene ring substituents is 2. The van der Waals surface area contributed by atoms with Crippen molar-refractivity contribution in [3.8, 4) is 0 Å². The molecule has 0 saturated heterocycles. The van der Waals surface area contributed by atoms with Gasteiger partial charge in [-0.3, -0.25) is 20.2 Å². The fraction of sp³-hybridized carbons (Fsp3) is 0. The van der Waals surface area contributed by atoms with E-state index in [0.29, 0.717) is 0 Å². The highest BCUT2D eigenvalue weighted by Crippen LogP contribution is 2.27. The Labute approximate surface area is 162 Å². The van der Waals surface area contributed by atoms with Crippen molar-refractivity contribution in [2.75, 3.05) is 0 Å². The predicted octanol–water partition coefficient (Wildman–Crippen LogP) is 4.00. The maximum absolute atomic E-state index is 12.3. The number of carbonyl (C=O) groups excluding carboxylic acids is 1. The number of aliphatic imine (C=N–C) groups is 1. The summed E-state index contributed by atoms with van der Waals surface area (Å²) < 4.78 is 5.11. The Morgan fingerprint density at radius 2 is 1.55 bits per heavy atom. The third kappa shape index (κ3) is 3.44. The highest BCUT2D eigenvalue weighted by molar-refractivity contribution is 6.13. The molecule has 3 aromatic rings. The monoisotopic (exact) mass is 389 g/mol. The Morgan fingerprint density at radius 1 is 0.897 bits per heavy atom. The minimum atomic E-state index is -0.763. The van der Waals surface area contributed by atoms with E-state index < -0.39 is 27.2 Å². The van der Waals surface area contributed by atoms with Gasteiger partial charge in [-0.2, -0.15) is 0 Å². The van der Waals surface area contributed by atoms with E-state index in [1.54, 1.807) is 6.08 Å². The number of esters is 1. The second-order valence-corrected chi connectivity index (χ2v) is 6.16. The first-order chi connectivity index (χ1) is 13.9. The van der Waals surface area contributed by atoms with Crippen LogP contribution in [-0.4, -0.2) is 21.7 Å². The summed E-state index contributed by atoms with van der Waals surface area (Å²) in [6, 6.07) is 16.1. The Hall–Kier alpha value is -4.40. The molecule has 0 bridgehead atoms. The highest BCUT2D eigenvalue weighted by atomic mass is 16.6. The molecule has 142 valence electrons. The summed E-state index contributed by atoms with van der Waals surface area (Å²) in [4.78, 5) is 37.0. The second kappa shape index (κ2) is 6.97. The zero-order chi connectivity index (χ0) is 20.5. The summed E-state index contributed by atoms with van der Waals surface area (Å²) in [5.41, 5.74) is -0.296. The van der Waals surface area contributed by atoms with E-state index in [0.717, 1.165) is 34.5 Å². The quantitative estimate of drug-likeness (QED) is 0.287. The summed E-state index contributed by atoms with van der Waals surface area (Å²) in [7, 11) is 0. The van der Waals surface area contributed by atoms with Crippen LogP contribution >= 0.6 is 0 Å². The smallest absolute Gasteiger partial charge is 0.363 e. The Kier molecular flexibility index (Phi) is 4.32. The van der Waals surface area contributed by atoms with Gasteiger partial charge in [-0.15, -0.1) is 0 Å². The van der Waals surface area contributed by atoms with E-state index in [2.05, 4.69) is 4.99 Å². The third-order valence-corrected chi connectivity index (χ3v) is 4.31. The van der Waals surface area contributed by atoms with Gasteiger partial charge in [0.2, 0.25) is 5.90 Å². The molecule has 0 spiro atoms. The molecule has 4 rings (SSSR count). The number of ether oxygens (including phenoxy) is 1. The molecule has 1 aliphatic rings. The molecule has 0 amide bonds. The lowest BCUT2D eigenvalue weighted by Crippen LogP contribution is -2.06. The fourth-order valence-corrected chi connectivity index (χ4v) is 2.99. The molecular formula is C20H11N3O6. The molecule has 1 heterocycles. The number of hydrogen-bond acceptors (Lipinski definition) is 7. The van der Waals surface area contributed by atoms with Gasteiger partial charge in [-0.05, 0) is 22.4 Å². The SMILES string of the molecule is O=C1OC(c2cc([N+](=O)[O-])cc([N+](=O)[O-])c2)=N/C1=C\c1cccc2ccccc12. The predicted molar refractivity (Wildman–Crippen MR) is 104 cm³/mol. The molecule has 9 nitrogen and oxygen atoms in total. The minimum absolute atomic E-state index is 0.00878. The molecule has 29 heavy (non-hydrogen) atoms. The first-order valence-corrected chi connectivity index (χ1v) is 8.37. The zero-order valence-electron chi connectivity index (χ0n) is 14.6. The molecule has 1 aliphatic heterocycles. The number of benzene rings is 3. The average molecular weight is 389 g/mol. The van der Waals surface area contributed by atoms with Gasteiger partial charge in [0, 0.05) is 12.1 Å². The fourth-order valence-electron chi connectivity index (χ4n) is 2.99. The van der Waals surface area contributed by atoms with Gasteiger partial charge in [0.1, 0.15) is 0 Å². The van der Waals surface area contributed by atoms with Crippen LogP contribution in [0.4, 0.5) is 11.4 Å². The molecule has 0 saturated carbocycles. The van der Waals surface area contributed by atoms with Gasteiger partial charge in [-0.25, -0.2) is 9.79 Å². The lowest BCUT2D eigenvalue weighted by molar-refractivity contribution is -0.394. The average Bonchev–Trinajstić information content (AvgIpc) is 3.08. The molecule has 3 aromatic carbocycles. The van der Waals surface area contributed by atoms with Gasteiger partial charge in [-0.1, -0.05) is 42.5 Å². The maximum atomic E-state index is 12.3. The van der Waals surface area contributed by atoms with Crippen molar-refractivity contribution >= 4 is 40.1 Å². The lowest BCUT2D eigenvalue weighted by atomic mass is 10.0. The molecule has 0 aromatic heterocycles. The van der Waals surface area contributed by atoms with Crippen LogP contribution in [-0.2, 0) is 9.53 Å². The van der Waals surface area contributed by atoms with Crippen LogP contribution in [0.3, 0.4) is 0 Å². The van der Waals surface area contributed by atoms with Crippen molar-refractivity contribution in [2.24, 2.45) is 4.99 Å². The number of carbonyl (C=O) groups is 1. The van der Waals surface area contributed by atoms with E-state index in [4.69, 9.17) is 4.74 Å². The van der Waals surface area contributed by atoms with Gasteiger partial charge in [0.15, 0.2) is 5.70 Å². The molecule has 0 aliphatic carbocycles. The van der Waals surface area contributed by atoms with Crippen LogP contribution in [0.1, 0.15) is 11.1 Å². The molecule has 0 radical (unpaired) electrons. The van der Waals surface area contributed by atoms with Crippen molar-refractivity contribution in [3.63, 3.8) is 0 Å². The van der Waals surface area contributed by atoms with Gasteiger partial charge < -0.3 is 4.74 Å². The third-order valence-electron chi connectivity index (χ3n) is 4.31. The van der Waals surface area contributed by atoms with E-state index >= 15 is 0 Å². The summed E-state index contributed by atoms with van der Waals surface area (Å²) >= 11 is 0. The molecule has 0 unspecified atom stereocenters. The summed E-state index contributed by atoms with van der Waals surface area (Å²) in [6.45, 7) is 0. The summed E-state index contributed by atoms with van der Waals surface area (Å²) in [5.74, 6) is -0.976. The lowest BCUT2D eigenvalue weighted by Gasteiger charge is -2.01.